The van der Waals surface area contributed by atoms with Crippen LogP contribution >= 0.6 is 23.2 Å². The summed E-state index contributed by atoms with van der Waals surface area (Å²) < 4.78 is 5.82. The highest BCUT2D eigenvalue weighted by Gasteiger charge is 2.12. The van der Waals surface area contributed by atoms with Crippen LogP contribution in [0, 0.1) is 0 Å². The zero-order chi connectivity index (χ0) is 16.5. The maximum absolute atomic E-state index is 6.25. The Morgan fingerprint density at radius 2 is 1.86 bits per heavy atom. The van der Waals surface area contributed by atoms with E-state index in [1.165, 1.54) is 0 Å². The monoisotopic (exact) mass is 346 g/mol. The highest BCUT2D eigenvalue weighted by Crippen LogP contribution is 2.33. The molecule has 0 aromatic heterocycles. The number of nitrogens with zero attached hydrogens (tertiary/aromatic N) is 1. The summed E-state index contributed by atoms with van der Waals surface area (Å²) in [5.74, 6) is 0.734. The van der Waals surface area contributed by atoms with Gasteiger partial charge >= 0.3 is 0 Å². The molecule has 0 bridgehead atoms. The fourth-order valence-electron chi connectivity index (χ4n) is 2.30. The lowest BCUT2D eigenvalue weighted by atomic mass is 10.2. The van der Waals surface area contributed by atoms with Gasteiger partial charge in [-0.15, -0.1) is 0 Å². The van der Waals surface area contributed by atoms with Gasteiger partial charge in [-0.3, -0.25) is 0 Å². The first kappa shape index (κ1) is 19.6. The van der Waals surface area contributed by atoms with Crippen LogP contribution in [0.25, 0.3) is 0 Å². The van der Waals surface area contributed by atoms with E-state index in [-0.39, 0.29) is 6.10 Å². The van der Waals surface area contributed by atoms with E-state index < -0.39 is 0 Å². The van der Waals surface area contributed by atoms with Crippen molar-refractivity contribution in [2.24, 2.45) is 0 Å². The second-order valence-corrected chi connectivity index (χ2v) is 6.44. The lowest BCUT2D eigenvalue weighted by molar-refractivity contribution is 0.239. The molecule has 0 amide bonds. The Kier molecular flexibility index (Phi) is 9.18. The quantitative estimate of drug-likeness (QED) is 0.626. The molecule has 0 aliphatic carbocycles. The van der Waals surface area contributed by atoms with E-state index >= 15 is 0 Å². The Bertz CT molecular complexity index is 449. The van der Waals surface area contributed by atoms with Crippen LogP contribution in [0.4, 0.5) is 0 Å². The zero-order valence-corrected chi connectivity index (χ0v) is 15.6. The molecule has 0 aliphatic rings. The zero-order valence-electron chi connectivity index (χ0n) is 14.1. The molecule has 1 N–H and O–H groups in total. The maximum atomic E-state index is 6.25. The highest BCUT2D eigenvalue weighted by molar-refractivity contribution is 6.35. The van der Waals surface area contributed by atoms with Crippen LogP contribution in [0.15, 0.2) is 12.1 Å². The fraction of sp³-hybridized carbons (Fsp3) is 0.647. The third kappa shape index (κ3) is 6.74. The van der Waals surface area contributed by atoms with Gasteiger partial charge in [-0.25, -0.2) is 0 Å². The minimum absolute atomic E-state index is 0.0834. The van der Waals surface area contributed by atoms with E-state index in [0.29, 0.717) is 16.6 Å². The first-order valence-electron chi connectivity index (χ1n) is 8.05. The molecule has 1 aromatic carbocycles. The Balaban J connectivity index is 2.54. The first-order chi connectivity index (χ1) is 10.5. The third-order valence-electron chi connectivity index (χ3n) is 3.48. The summed E-state index contributed by atoms with van der Waals surface area (Å²) >= 11 is 12.4. The molecule has 0 saturated carbocycles. The lowest BCUT2D eigenvalue weighted by Crippen LogP contribution is -2.27. The van der Waals surface area contributed by atoms with Crippen molar-refractivity contribution in [3.8, 4) is 5.75 Å². The van der Waals surface area contributed by atoms with Crippen molar-refractivity contribution in [2.45, 2.75) is 46.8 Å². The van der Waals surface area contributed by atoms with Crippen molar-refractivity contribution >= 4 is 23.2 Å². The van der Waals surface area contributed by atoms with Crippen LogP contribution in [0.5, 0.6) is 5.75 Å². The number of halogens is 2. The van der Waals surface area contributed by atoms with Crippen molar-refractivity contribution in [3.63, 3.8) is 0 Å². The summed E-state index contributed by atoms with van der Waals surface area (Å²) in [6.45, 7) is 13.4. The predicted octanol–water partition coefficient (Wildman–Crippen LogP) is 4.60. The summed E-state index contributed by atoms with van der Waals surface area (Å²) in [5, 5.41) is 4.66. The SMILES string of the molecule is CCN(CC)CCCNCc1cc(Cl)cc(Cl)c1OC(C)C. The fourth-order valence-corrected chi connectivity index (χ4v) is 2.88. The topological polar surface area (TPSA) is 24.5 Å². The van der Waals surface area contributed by atoms with Crippen molar-refractivity contribution in [3.05, 3.63) is 27.7 Å². The molecule has 1 rings (SSSR count). The molecule has 0 spiro atoms. The van der Waals surface area contributed by atoms with E-state index in [2.05, 4.69) is 24.1 Å². The van der Waals surface area contributed by atoms with Gasteiger partial charge in [0, 0.05) is 17.1 Å². The second-order valence-electron chi connectivity index (χ2n) is 5.60. The largest absolute Gasteiger partial charge is 0.489 e. The molecule has 0 unspecified atom stereocenters. The van der Waals surface area contributed by atoms with E-state index in [4.69, 9.17) is 27.9 Å². The Morgan fingerprint density at radius 3 is 2.45 bits per heavy atom. The maximum Gasteiger partial charge on any atom is 0.142 e. The molecule has 126 valence electrons. The molecule has 0 heterocycles. The van der Waals surface area contributed by atoms with Gasteiger partial charge in [-0.2, -0.15) is 0 Å². The minimum Gasteiger partial charge on any atom is -0.489 e. The molecule has 0 fully saturated rings. The summed E-state index contributed by atoms with van der Waals surface area (Å²) in [5.41, 5.74) is 1.01. The van der Waals surface area contributed by atoms with E-state index in [1.54, 1.807) is 6.07 Å². The number of benzene rings is 1. The minimum atomic E-state index is 0.0834. The van der Waals surface area contributed by atoms with Crippen LogP contribution < -0.4 is 10.1 Å². The Morgan fingerprint density at radius 1 is 1.18 bits per heavy atom. The molecule has 5 heteroatoms. The van der Waals surface area contributed by atoms with E-state index in [9.17, 15) is 0 Å². The summed E-state index contributed by atoms with van der Waals surface area (Å²) in [6, 6.07) is 3.65. The Hall–Kier alpha value is -0.480. The number of hydrogen-bond acceptors (Lipinski definition) is 3. The van der Waals surface area contributed by atoms with Gasteiger partial charge in [-0.05, 0) is 58.6 Å². The molecule has 0 saturated heterocycles. The number of nitrogens with one attached hydrogen (secondary N) is 1. The molecule has 0 radical (unpaired) electrons. The predicted molar refractivity (Wildman–Crippen MR) is 96.3 cm³/mol. The first-order valence-corrected chi connectivity index (χ1v) is 8.81. The molecule has 1 aromatic rings. The lowest BCUT2D eigenvalue weighted by Gasteiger charge is -2.19. The summed E-state index contributed by atoms with van der Waals surface area (Å²) in [6.07, 6.45) is 1.20. The molecular weight excluding hydrogens is 319 g/mol. The van der Waals surface area contributed by atoms with Crippen molar-refractivity contribution in [1.29, 1.82) is 0 Å². The van der Waals surface area contributed by atoms with E-state index in [0.717, 1.165) is 43.9 Å². The van der Waals surface area contributed by atoms with Gasteiger partial charge < -0.3 is 15.0 Å². The normalized spacial score (nSPS) is 11.5. The van der Waals surface area contributed by atoms with Gasteiger partial charge in [0.05, 0.1) is 11.1 Å². The van der Waals surface area contributed by atoms with Crippen molar-refractivity contribution in [2.75, 3.05) is 26.2 Å². The van der Waals surface area contributed by atoms with Crippen LogP contribution in [-0.4, -0.2) is 37.2 Å². The van der Waals surface area contributed by atoms with Gasteiger partial charge in [-0.1, -0.05) is 37.0 Å². The number of ether oxygens (including phenoxy) is 1. The molecule has 0 atom stereocenters. The molecular formula is C17H28Cl2N2O. The number of rotatable bonds is 10. The van der Waals surface area contributed by atoms with Crippen LogP contribution in [0.2, 0.25) is 10.0 Å². The molecule has 3 nitrogen and oxygen atoms in total. The highest BCUT2D eigenvalue weighted by atomic mass is 35.5. The van der Waals surface area contributed by atoms with Crippen LogP contribution in [-0.2, 0) is 6.54 Å². The van der Waals surface area contributed by atoms with Gasteiger partial charge in [0.2, 0.25) is 0 Å². The Labute approximate surface area is 144 Å². The van der Waals surface area contributed by atoms with Crippen molar-refractivity contribution in [1.82, 2.24) is 10.2 Å². The third-order valence-corrected chi connectivity index (χ3v) is 3.98. The van der Waals surface area contributed by atoms with Gasteiger partial charge in [0.1, 0.15) is 5.75 Å². The average molecular weight is 347 g/mol. The van der Waals surface area contributed by atoms with Crippen LogP contribution in [0.3, 0.4) is 0 Å². The standard InChI is InChI=1S/C17H28Cl2N2O/c1-5-21(6-2)9-7-8-20-12-14-10-15(18)11-16(19)17(14)22-13(3)4/h10-11,13,20H,5-9,12H2,1-4H3. The molecule has 0 aliphatic heterocycles. The van der Waals surface area contributed by atoms with Gasteiger partial charge in [0.25, 0.3) is 0 Å². The van der Waals surface area contributed by atoms with E-state index in [1.807, 2.05) is 19.9 Å². The molecule has 22 heavy (non-hydrogen) atoms. The summed E-state index contributed by atoms with van der Waals surface area (Å²) in [4.78, 5) is 2.42. The number of hydrogen-bond donors (Lipinski definition) is 1. The second kappa shape index (κ2) is 10.3. The van der Waals surface area contributed by atoms with Gasteiger partial charge in [0.15, 0.2) is 0 Å². The smallest absolute Gasteiger partial charge is 0.142 e. The van der Waals surface area contributed by atoms with Crippen LogP contribution in [0.1, 0.15) is 39.7 Å². The van der Waals surface area contributed by atoms with Crippen molar-refractivity contribution < 1.29 is 4.74 Å². The summed E-state index contributed by atoms with van der Waals surface area (Å²) in [7, 11) is 0. The average Bonchev–Trinajstić information content (AvgIpc) is 2.46.